The van der Waals surface area contributed by atoms with E-state index in [2.05, 4.69) is 31.8 Å². The highest BCUT2D eigenvalue weighted by Gasteiger charge is 2.27. The summed E-state index contributed by atoms with van der Waals surface area (Å²) < 4.78 is 1.88. The molecule has 6 nitrogen and oxygen atoms in total. The standard InChI is InChI=1S/C13H16N6S2/c1-9-7-19-12(15-9)21-13(16-19)17-4-5-18(10(2)8-17)11-14-3-6-20-11/h3,6-7,10H,4-5,8H2,1-2H3/t10-/m1/s1. The first kappa shape index (κ1) is 13.0. The minimum Gasteiger partial charge on any atom is -0.343 e. The van der Waals surface area contributed by atoms with E-state index < -0.39 is 0 Å². The van der Waals surface area contributed by atoms with Gasteiger partial charge in [0.25, 0.3) is 0 Å². The zero-order valence-corrected chi connectivity index (χ0v) is 13.6. The molecule has 3 aromatic heterocycles. The molecule has 110 valence electrons. The summed E-state index contributed by atoms with van der Waals surface area (Å²) in [5.41, 5.74) is 1.02. The van der Waals surface area contributed by atoms with Crippen LogP contribution in [0.1, 0.15) is 12.6 Å². The first-order valence-corrected chi connectivity index (χ1v) is 8.64. The smallest absolute Gasteiger partial charge is 0.214 e. The zero-order valence-electron chi connectivity index (χ0n) is 11.9. The van der Waals surface area contributed by atoms with Gasteiger partial charge in [-0.3, -0.25) is 0 Å². The number of nitrogens with zero attached hydrogens (tertiary/aromatic N) is 6. The molecule has 1 fully saturated rings. The third kappa shape index (κ3) is 2.28. The summed E-state index contributed by atoms with van der Waals surface area (Å²) in [5.74, 6) is 0. The molecule has 1 saturated heterocycles. The van der Waals surface area contributed by atoms with E-state index in [9.17, 15) is 0 Å². The lowest BCUT2D eigenvalue weighted by Crippen LogP contribution is -2.52. The normalized spacial score (nSPS) is 19.6. The molecule has 0 N–H and O–H groups in total. The number of imidazole rings is 1. The van der Waals surface area contributed by atoms with Crippen molar-refractivity contribution in [1.82, 2.24) is 19.6 Å². The quantitative estimate of drug-likeness (QED) is 0.725. The Hall–Kier alpha value is -1.67. The van der Waals surface area contributed by atoms with Gasteiger partial charge in [0, 0.05) is 37.3 Å². The highest BCUT2D eigenvalue weighted by molar-refractivity contribution is 7.20. The Morgan fingerprint density at radius 3 is 2.90 bits per heavy atom. The van der Waals surface area contributed by atoms with Gasteiger partial charge >= 0.3 is 0 Å². The Bertz CT molecular complexity index is 714. The summed E-state index contributed by atoms with van der Waals surface area (Å²) in [4.78, 5) is 14.6. The Labute approximate surface area is 130 Å². The van der Waals surface area contributed by atoms with Gasteiger partial charge in [-0.2, -0.15) is 0 Å². The lowest BCUT2D eigenvalue weighted by atomic mass is 10.2. The molecule has 0 spiro atoms. The highest BCUT2D eigenvalue weighted by Crippen LogP contribution is 2.28. The Morgan fingerprint density at radius 1 is 1.29 bits per heavy atom. The van der Waals surface area contributed by atoms with Gasteiger partial charge in [0.15, 0.2) is 5.13 Å². The molecular formula is C13H16N6S2. The maximum atomic E-state index is 4.65. The molecular weight excluding hydrogens is 304 g/mol. The van der Waals surface area contributed by atoms with E-state index in [0.29, 0.717) is 6.04 Å². The maximum absolute atomic E-state index is 4.65. The second kappa shape index (κ2) is 4.96. The fourth-order valence-electron chi connectivity index (χ4n) is 2.70. The van der Waals surface area contributed by atoms with Crippen LogP contribution in [0.3, 0.4) is 0 Å². The summed E-state index contributed by atoms with van der Waals surface area (Å²) in [6.07, 6.45) is 3.85. The van der Waals surface area contributed by atoms with E-state index in [-0.39, 0.29) is 0 Å². The number of hydrogen-bond acceptors (Lipinski definition) is 7. The molecule has 8 heteroatoms. The molecule has 0 amide bonds. The molecule has 1 aliphatic heterocycles. The van der Waals surface area contributed by atoms with Gasteiger partial charge in [0.05, 0.1) is 11.9 Å². The predicted molar refractivity (Wildman–Crippen MR) is 86.7 cm³/mol. The fourth-order valence-corrected chi connectivity index (χ4v) is 4.44. The summed E-state index contributed by atoms with van der Waals surface area (Å²) in [6, 6.07) is 0.433. The van der Waals surface area contributed by atoms with Crippen LogP contribution in [0.2, 0.25) is 0 Å². The largest absolute Gasteiger partial charge is 0.343 e. The van der Waals surface area contributed by atoms with Gasteiger partial charge < -0.3 is 9.80 Å². The molecule has 3 aromatic rings. The lowest BCUT2D eigenvalue weighted by Gasteiger charge is -2.39. The molecule has 21 heavy (non-hydrogen) atoms. The number of piperazine rings is 1. The van der Waals surface area contributed by atoms with Gasteiger partial charge in [0.1, 0.15) is 0 Å². The number of rotatable bonds is 2. The zero-order chi connectivity index (χ0) is 14.4. The first-order valence-electron chi connectivity index (χ1n) is 6.94. The van der Waals surface area contributed by atoms with Crippen LogP contribution in [-0.4, -0.2) is 45.3 Å². The number of anilines is 2. The summed E-state index contributed by atoms with van der Waals surface area (Å²) in [7, 11) is 0. The molecule has 4 rings (SSSR count). The molecule has 0 saturated carbocycles. The van der Waals surface area contributed by atoms with Crippen molar-refractivity contribution in [1.29, 1.82) is 0 Å². The predicted octanol–water partition coefficient (Wildman–Crippen LogP) is 2.27. The van der Waals surface area contributed by atoms with Crippen LogP contribution >= 0.6 is 22.7 Å². The monoisotopic (exact) mass is 320 g/mol. The van der Waals surface area contributed by atoms with Gasteiger partial charge in [-0.25, -0.2) is 14.5 Å². The third-order valence-corrected chi connectivity index (χ3v) is 5.51. The van der Waals surface area contributed by atoms with Crippen molar-refractivity contribution in [3.05, 3.63) is 23.5 Å². The minimum absolute atomic E-state index is 0.433. The van der Waals surface area contributed by atoms with Crippen molar-refractivity contribution in [3.63, 3.8) is 0 Å². The van der Waals surface area contributed by atoms with Crippen LogP contribution < -0.4 is 9.80 Å². The van der Waals surface area contributed by atoms with Crippen LogP contribution in [0.25, 0.3) is 4.96 Å². The van der Waals surface area contributed by atoms with E-state index >= 15 is 0 Å². The highest BCUT2D eigenvalue weighted by atomic mass is 32.1. The number of fused-ring (bicyclic) bond motifs is 1. The van der Waals surface area contributed by atoms with E-state index in [1.54, 1.807) is 22.7 Å². The van der Waals surface area contributed by atoms with Gasteiger partial charge in [-0.1, -0.05) is 11.3 Å². The fraction of sp³-hybridized carbons (Fsp3) is 0.462. The van der Waals surface area contributed by atoms with E-state index in [0.717, 1.165) is 40.6 Å². The molecule has 0 aliphatic carbocycles. The average molecular weight is 320 g/mol. The van der Waals surface area contributed by atoms with E-state index in [1.807, 2.05) is 29.2 Å². The molecule has 0 radical (unpaired) electrons. The number of thiazole rings is 1. The first-order chi connectivity index (χ1) is 10.2. The molecule has 4 heterocycles. The summed E-state index contributed by atoms with van der Waals surface area (Å²) in [6.45, 7) is 7.16. The van der Waals surface area contributed by atoms with Crippen molar-refractivity contribution < 1.29 is 0 Å². The van der Waals surface area contributed by atoms with E-state index in [1.165, 1.54) is 0 Å². The average Bonchev–Trinajstić information content (AvgIpc) is 3.13. The van der Waals surface area contributed by atoms with Crippen LogP contribution in [0.4, 0.5) is 10.3 Å². The van der Waals surface area contributed by atoms with E-state index in [4.69, 9.17) is 0 Å². The minimum atomic E-state index is 0.433. The molecule has 1 atom stereocenters. The second-order valence-corrected chi connectivity index (χ2v) is 7.10. The Kier molecular flexibility index (Phi) is 3.07. The maximum Gasteiger partial charge on any atom is 0.214 e. The molecule has 0 bridgehead atoms. The molecule has 0 unspecified atom stereocenters. The summed E-state index contributed by atoms with van der Waals surface area (Å²) >= 11 is 3.37. The SMILES string of the molecule is Cc1cn2nc(N3CCN(c4nccs4)[C@H](C)C3)sc2n1. The number of aromatic nitrogens is 4. The van der Waals surface area contributed by atoms with Gasteiger partial charge in [0.2, 0.25) is 10.1 Å². The summed E-state index contributed by atoms with van der Waals surface area (Å²) in [5, 5.41) is 8.86. The number of aryl methyl sites for hydroxylation is 1. The van der Waals surface area contributed by atoms with Crippen molar-refractivity contribution in [2.45, 2.75) is 19.9 Å². The van der Waals surface area contributed by atoms with Crippen LogP contribution in [-0.2, 0) is 0 Å². The Morgan fingerprint density at radius 2 is 2.19 bits per heavy atom. The van der Waals surface area contributed by atoms with Crippen LogP contribution in [0, 0.1) is 6.92 Å². The van der Waals surface area contributed by atoms with Crippen LogP contribution in [0.15, 0.2) is 17.8 Å². The lowest BCUT2D eigenvalue weighted by molar-refractivity contribution is 0.547. The number of hydrogen-bond donors (Lipinski definition) is 0. The molecule has 1 aliphatic rings. The van der Waals surface area contributed by atoms with Crippen molar-refractivity contribution >= 4 is 37.9 Å². The third-order valence-electron chi connectivity index (χ3n) is 3.72. The van der Waals surface area contributed by atoms with Crippen LogP contribution in [0.5, 0.6) is 0 Å². The van der Waals surface area contributed by atoms with Gasteiger partial charge in [-0.15, -0.1) is 16.4 Å². The molecule has 0 aromatic carbocycles. The van der Waals surface area contributed by atoms with Crippen molar-refractivity contribution in [2.24, 2.45) is 0 Å². The topological polar surface area (TPSA) is 49.6 Å². The van der Waals surface area contributed by atoms with Crippen molar-refractivity contribution in [2.75, 3.05) is 29.4 Å². The van der Waals surface area contributed by atoms with Crippen molar-refractivity contribution in [3.8, 4) is 0 Å². The Balaban J connectivity index is 1.54. The second-order valence-electron chi connectivity index (χ2n) is 5.30. The van der Waals surface area contributed by atoms with Gasteiger partial charge in [-0.05, 0) is 13.8 Å².